The maximum absolute atomic E-state index is 5.74. The summed E-state index contributed by atoms with van der Waals surface area (Å²) in [6.45, 7) is 5.20. The van der Waals surface area contributed by atoms with Gasteiger partial charge in [-0.15, -0.1) is 0 Å². The fourth-order valence-electron chi connectivity index (χ4n) is 1.70. The van der Waals surface area contributed by atoms with Crippen molar-refractivity contribution in [3.8, 4) is 0 Å². The number of nitrogens with one attached hydrogen (secondary N) is 1. The Labute approximate surface area is 113 Å². The molecule has 94 valence electrons. The molecule has 2 rings (SSSR count). The molecule has 18 heavy (non-hydrogen) atoms. The molecule has 1 aromatic heterocycles. The second-order valence-electron chi connectivity index (χ2n) is 4.62. The number of hydrogen-bond donors (Lipinski definition) is 1. The van der Waals surface area contributed by atoms with Crippen LogP contribution in [-0.2, 0) is 6.54 Å². The van der Waals surface area contributed by atoms with E-state index in [-0.39, 0.29) is 0 Å². The lowest BCUT2D eigenvalue weighted by Gasteiger charge is -2.08. The largest absolute Gasteiger partial charge is 0.380 e. The Morgan fingerprint density at radius 2 is 1.83 bits per heavy atom. The van der Waals surface area contributed by atoms with Crippen molar-refractivity contribution in [2.24, 2.45) is 0 Å². The Bertz CT molecular complexity index is 489. The topological polar surface area (TPSA) is 24.9 Å². The summed E-state index contributed by atoms with van der Waals surface area (Å²) in [6.07, 6.45) is 1.74. The van der Waals surface area contributed by atoms with Crippen LogP contribution in [0.1, 0.15) is 30.9 Å². The van der Waals surface area contributed by atoms with Crippen LogP contribution in [0.15, 0.2) is 42.6 Å². The molecular formula is C15H17ClN2. The molecule has 0 spiro atoms. The molecule has 0 fully saturated rings. The third-order valence-electron chi connectivity index (χ3n) is 2.87. The van der Waals surface area contributed by atoms with Crippen LogP contribution in [0.3, 0.4) is 0 Å². The maximum atomic E-state index is 5.74. The summed E-state index contributed by atoms with van der Waals surface area (Å²) < 4.78 is 0. The summed E-state index contributed by atoms with van der Waals surface area (Å²) >= 11 is 5.74. The van der Waals surface area contributed by atoms with Crippen LogP contribution in [0.5, 0.6) is 0 Å². The molecule has 1 heterocycles. The predicted molar refractivity (Wildman–Crippen MR) is 77.1 cm³/mol. The fourth-order valence-corrected chi connectivity index (χ4v) is 1.82. The lowest BCUT2D eigenvalue weighted by molar-refractivity contribution is 0.865. The van der Waals surface area contributed by atoms with E-state index in [1.165, 1.54) is 11.1 Å². The maximum Gasteiger partial charge on any atom is 0.129 e. The molecule has 0 saturated carbocycles. The van der Waals surface area contributed by atoms with E-state index in [2.05, 4.69) is 48.4 Å². The van der Waals surface area contributed by atoms with E-state index in [4.69, 9.17) is 11.6 Å². The van der Waals surface area contributed by atoms with Gasteiger partial charge in [0, 0.05) is 6.54 Å². The first kappa shape index (κ1) is 12.9. The van der Waals surface area contributed by atoms with Gasteiger partial charge in [-0.1, -0.05) is 49.7 Å². The Morgan fingerprint density at radius 3 is 2.39 bits per heavy atom. The van der Waals surface area contributed by atoms with E-state index in [0.29, 0.717) is 11.1 Å². The standard InChI is InChI=1S/C15H17ClN2/c1-11(2)13-5-3-12(4-6-13)9-17-14-7-8-15(16)18-10-14/h3-8,10-11,17H,9H2,1-2H3. The quantitative estimate of drug-likeness (QED) is 0.821. The van der Waals surface area contributed by atoms with Crippen molar-refractivity contribution in [2.45, 2.75) is 26.3 Å². The van der Waals surface area contributed by atoms with E-state index in [9.17, 15) is 0 Å². The zero-order valence-electron chi connectivity index (χ0n) is 10.7. The molecule has 2 aromatic rings. The molecule has 0 bridgehead atoms. The van der Waals surface area contributed by atoms with Gasteiger partial charge >= 0.3 is 0 Å². The zero-order chi connectivity index (χ0) is 13.0. The van der Waals surface area contributed by atoms with Gasteiger partial charge in [-0.25, -0.2) is 4.98 Å². The average molecular weight is 261 g/mol. The molecule has 0 unspecified atom stereocenters. The molecule has 1 N–H and O–H groups in total. The molecule has 0 aliphatic heterocycles. The number of pyridine rings is 1. The highest BCUT2D eigenvalue weighted by molar-refractivity contribution is 6.29. The van der Waals surface area contributed by atoms with Crippen LogP contribution in [0, 0.1) is 0 Å². The molecule has 1 aromatic carbocycles. The van der Waals surface area contributed by atoms with E-state index in [0.717, 1.165) is 12.2 Å². The fraction of sp³-hybridized carbons (Fsp3) is 0.267. The van der Waals surface area contributed by atoms with Gasteiger partial charge in [0.2, 0.25) is 0 Å². The van der Waals surface area contributed by atoms with E-state index >= 15 is 0 Å². The monoisotopic (exact) mass is 260 g/mol. The van der Waals surface area contributed by atoms with Gasteiger partial charge < -0.3 is 5.32 Å². The average Bonchev–Trinajstić information content (AvgIpc) is 2.38. The number of rotatable bonds is 4. The summed E-state index contributed by atoms with van der Waals surface area (Å²) in [4.78, 5) is 4.03. The Hall–Kier alpha value is -1.54. The minimum Gasteiger partial charge on any atom is -0.380 e. The van der Waals surface area contributed by atoms with Crippen LogP contribution < -0.4 is 5.32 Å². The highest BCUT2D eigenvalue weighted by Gasteiger charge is 1.99. The minimum absolute atomic E-state index is 0.516. The molecule has 0 radical (unpaired) electrons. The van der Waals surface area contributed by atoms with Crippen LogP contribution >= 0.6 is 11.6 Å². The van der Waals surface area contributed by atoms with Crippen molar-refractivity contribution >= 4 is 17.3 Å². The Morgan fingerprint density at radius 1 is 1.11 bits per heavy atom. The third kappa shape index (κ3) is 3.47. The number of benzene rings is 1. The number of halogens is 1. The molecule has 0 saturated heterocycles. The highest BCUT2D eigenvalue weighted by atomic mass is 35.5. The summed E-state index contributed by atoms with van der Waals surface area (Å²) in [7, 11) is 0. The number of hydrogen-bond acceptors (Lipinski definition) is 2. The van der Waals surface area contributed by atoms with Gasteiger partial charge in [-0.2, -0.15) is 0 Å². The van der Waals surface area contributed by atoms with E-state index in [1.54, 1.807) is 12.3 Å². The first-order chi connectivity index (χ1) is 8.65. The van der Waals surface area contributed by atoms with E-state index < -0.39 is 0 Å². The Kier molecular flexibility index (Phi) is 4.21. The van der Waals surface area contributed by atoms with Crippen LogP contribution in [-0.4, -0.2) is 4.98 Å². The molecule has 0 aliphatic carbocycles. The lowest BCUT2D eigenvalue weighted by atomic mass is 10.0. The number of aromatic nitrogens is 1. The smallest absolute Gasteiger partial charge is 0.129 e. The predicted octanol–water partition coefficient (Wildman–Crippen LogP) is 4.47. The zero-order valence-corrected chi connectivity index (χ0v) is 11.4. The van der Waals surface area contributed by atoms with Gasteiger partial charge in [0.1, 0.15) is 5.15 Å². The molecule has 2 nitrogen and oxygen atoms in total. The summed E-state index contributed by atoms with van der Waals surface area (Å²) in [5.74, 6) is 0.576. The number of anilines is 1. The molecule has 0 atom stereocenters. The summed E-state index contributed by atoms with van der Waals surface area (Å²) in [5, 5.41) is 3.83. The SMILES string of the molecule is CC(C)c1ccc(CNc2ccc(Cl)nc2)cc1. The van der Waals surface area contributed by atoms with Crippen LogP contribution in [0.25, 0.3) is 0 Å². The molecule has 0 aliphatic rings. The van der Waals surface area contributed by atoms with Crippen molar-refractivity contribution in [3.63, 3.8) is 0 Å². The van der Waals surface area contributed by atoms with Gasteiger partial charge in [0.15, 0.2) is 0 Å². The minimum atomic E-state index is 0.516. The van der Waals surface area contributed by atoms with Crippen molar-refractivity contribution in [1.82, 2.24) is 4.98 Å². The molecule has 3 heteroatoms. The second kappa shape index (κ2) is 5.87. The van der Waals surface area contributed by atoms with Crippen molar-refractivity contribution in [3.05, 3.63) is 58.9 Å². The van der Waals surface area contributed by atoms with E-state index in [1.807, 2.05) is 6.07 Å². The molecular weight excluding hydrogens is 244 g/mol. The van der Waals surface area contributed by atoms with Crippen molar-refractivity contribution in [1.29, 1.82) is 0 Å². The summed E-state index contributed by atoms with van der Waals surface area (Å²) in [5.41, 5.74) is 3.61. The van der Waals surface area contributed by atoms with Gasteiger partial charge in [0.25, 0.3) is 0 Å². The first-order valence-corrected chi connectivity index (χ1v) is 6.47. The van der Waals surface area contributed by atoms with Crippen molar-refractivity contribution in [2.75, 3.05) is 5.32 Å². The van der Waals surface area contributed by atoms with Crippen LogP contribution in [0.2, 0.25) is 5.15 Å². The van der Waals surface area contributed by atoms with Crippen LogP contribution in [0.4, 0.5) is 5.69 Å². The third-order valence-corrected chi connectivity index (χ3v) is 3.09. The number of nitrogens with zero attached hydrogens (tertiary/aromatic N) is 1. The van der Waals surface area contributed by atoms with Gasteiger partial charge in [-0.05, 0) is 29.2 Å². The second-order valence-corrected chi connectivity index (χ2v) is 5.01. The lowest BCUT2D eigenvalue weighted by Crippen LogP contribution is -2.00. The highest BCUT2D eigenvalue weighted by Crippen LogP contribution is 2.16. The molecule has 0 amide bonds. The summed E-state index contributed by atoms with van der Waals surface area (Å²) in [6, 6.07) is 12.4. The first-order valence-electron chi connectivity index (χ1n) is 6.09. The van der Waals surface area contributed by atoms with Gasteiger partial charge in [-0.3, -0.25) is 0 Å². The normalized spacial score (nSPS) is 10.7. The van der Waals surface area contributed by atoms with Crippen molar-refractivity contribution < 1.29 is 0 Å². The van der Waals surface area contributed by atoms with Gasteiger partial charge in [0.05, 0.1) is 11.9 Å². The Balaban J connectivity index is 1.95.